The lowest BCUT2D eigenvalue weighted by atomic mass is 10.1. The van der Waals surface area contributed by atoms with Gasteiger partial charge in [-0.1, -0.05) is 24.3 Å². The van der Waals surface area contributed by atoms with Crippen molar-refractivity contribution in [2.24, 2.45) is 0 Å². The molecule has 2 aromatic carbocycles. The Balaban J connectivity index is 1.94. The van der Waals surface area contributed by atoms with Crippen LogP contribution in [0.3, 0.4) is 0 Å². The Morgan fingerprint density at radius 3 is 2.95 bits per heavy atom. The fourth-order valence-electron chi connectivity index (χ4n) is 3.10. The van der Waals surface area contributed by atoms with Crippen molar-refractivity contribution in [3.63, 3.8) is 0 Å². The Kier molecular flexibility index (Phi) is 2.76. The van der Waals surface area contributed by atoms with Gasteiger partial charge in [0.25, 0.3) is 0 Å². The van der Waals surface area contributed by atoms with Crippen LogP contribution in [0.1, 0.15) is 18.4 Å². The molecule has 3 nitrogen and oxygen atoms in total. The second-order valence-electron chi connectivity index (χ2n) is 5.36. The highest BCUT2D eigenvalue weighted by Crippen LogP contribution is 2.43. The summed E-state index contributed by atoms with van der Waals surface area (Å²) in [6.07, 6.45) is 2.39. The zero-order chi connectivity index (χ0) is 13.4. The van der Waals surface area contributed by atoms with E-state index < -0.39 is 0 Å². The summed E-state index contributed by atoms with van der Waals surface area (Å²) in [5.41, 5.74) is 4.95. The summed E-state index contributed by atoms with van der Waals surface area (Å²) in [4.78, 5) is 2.42. The van der Waals surface area contributed by atoms with Gasteiger partial charge in [-0.05, 0) is 31.0 Å². The summed E-state index contributed by atoms with van der Waals surface area (Å²) in [5.74, 6) is 0.982. The summed E-state index contributed by atoms with van der Waals surface area (Å²) >= 11 is 0. The number of nitrogens with one attached hydrogen (secondary N) is 1. The fourth-order valence-corrected chi connectivity index (χ4v) is 3.10. The monoisotopic (exact) mass is 266 g/mol. The molecule has 102 valence electrons. The number of rotatable bonds is 0. The zero-order valence-electron chi connectivity index (χ0n) is 11.4. The molecule has 0 atom stereocenters. The molecule has 0 aliphatic carbocycles. The summed E-state index contributed by atoms with van der Waals surface area (Å²) in [6, 6.07) is 14.8. The smallest absolute Gasteiger partial charge is 0.143 e. The molecule has 4 rings (SSSR count). The van der Waals surface area contributed by atoms with Crippen molar-refractivity contribution in [2.45, 2.75) is 19.4 Å². The van der Waals surface area contributed by atoms with Gasteiger partial charge in [-0.15, -0.1) is 0 Å². The van der Waals surface area contributed by atoms with E-state index >= 15 is 0 Å². The first-order valence-electron chi connectivity index (χ1n) is 7.28. The van der Waals surface area contributed by atoms with E-state index in [0.29, 0.717) is 6.61 Å². The number of hydrogen-bond donors (Lipinski definition) is 1. The van der Waals surface area contributed by atoms with Crippen molar-refractivity contribution in [2.75, 3.05) is 23.3 Å². The van der Waals surface area contributed by atoms with Crippen molar-refractivity contribution in [1.29, 1.82) is 0 Å². The molecular formula is C17H18N2O. The predicted molar refractivity (Wildman–Crippen MR) is 81.9 cm³/mol. The van der Waals surface area contributed by atoms with Gasteiger partial charge in [0.15, 0.2) is 0 Å². The van der Waals surface area contributed by atoms with Crippen LogP contribution in [0.2, 0.25) is 0 Å². The molecule has 0 unspecified atom stereocenters. The molecular weight excluding hydrogens is 248 g/mol. The van der Waals surface area contributed by atoms with E-state index in [-0.39, 0.29) is 0 Å². The van der Waals surface area contributed by atoms with E-state index in [2.05, 4.69) is 46.6 Å². The van der Waals surface area contributed by atoms with E-state index in [1.807, 2.05) is 6.07 Å². The largest absolute Gasteiger partial charge is 0.487 e. The van der Waals surface area contributed by atoms with Crippen LogP contribution in [0.5, 0.6) is 5.75 Å². The SMILES string of the molecule is c1cc2c3c(c1)NCCCCN3c1ccccc1OC2. The molecule has 2 aliphatic heterocycles. The van der Waals surface area contributed by atoms with E-state index in [0.717, 1.165) is 18.8 Å². The van der Waals surface area contributed by atoms with Crippen LogP contribution >= 0.6 is 0 Å². The van der Waals surface area contributed by atoms with Crippen LogP contribution in [-0.2, 0) is 6.61 Å². The molecule has 0 bridgehead atoms. The first-order valence-corrected chi connectivity index (χ1v) is 7.28. The number of para-hydroxylation sites is 3. The Bertz CT molecular complexity index is 639. The maximum absolute atomic E-state index is 6.00. The standard InChI is InChI=1S/C17H18N2O/c1-2-9-16-15(8-1)19-11-4-3-10-18-14-7-5-6-13(12-20-16)17(14)19/h1-2,5-9,18H,3-4,10-12H2. The third-order valence-electron chi connectivity index (χ3n) is 4.05. The quantitative estimate of drug-likeness (QED) is 0.782. The van der Waals surface area contributed by atoms with Gasteiger partial charge in [0.1, 0.15) is 12.4 Å². The zero-order valence-corrected chi connectivity index (χ0v) is 11.4. The first-order chi connectivity index (χ1) is 9.93. The number of ether oxygens (including phenoxy) is 1. The van der Waals surface area contributed by atoms with Gasteiger partial charge >= 0.3 is 0 Å². The molecule has 20 heavy (non-hydrogen) atoms. The van der Waals surface area contributed by atoms with Crippen LogP contribution in [0.15, 0.2) is 42.5 Å². The maximum atomic E-state index is 6.00. The molecule has 0 saturated carbocycles. The number of anilines is 3. The van der Waals surface area contributed by atoms with E-state index in [1.54, 1.807) is 0 Å². The lowest BCUT2D eigenvalue weighted by molar-refractivity contribution is 0.310. The summed E-state index contributed by atoms with van der Waals surface area (Å²) < 4.78 is 6.00. The number of fused-ring (bicyclic) bond motifs is 2. The molecule has 2 aromatic rings. The van der Waals surface area contributed by atoms with Crippen molar-refractivity contribution in [3.8, 4) is 5.75 Å². The van der Waals surface area contributed by atoms with E-state index in [9.17, 15) is 0 Å². The second kappa shape index (κ2) is 4.75. The highest BCUT2D eigenvalue weighted by atomic mass is 16.5. The minimum absolute atomic E-state index is 0.637. The molecule has 2 heterocycles. The number of nitrogens with zero attached hydrogens (tertiary/aromatic N) is 1. The third-order valence-corrected chi connectivity index (χ3v) is 4.05. The average Bonchev–Trinajstić information content (AvgIpc) is 2.62. The first kappa shape index (κ1) is 11.6. The Morgan fingerprint density at radius 2 is 1.95 bits per heavy atom. The molecule has 0 fully saturated rings. The van der Waals surface area contributed by atoms with Crippen LogP contribution in [-0.4, -0.2) is 13.1 Å². The normalized spacial score (nSPS) is 16.7. The Labute approximate surface area is 119 Å². The minimum Gasteiger partial charge on any atom is -0.487 e. The van der Waals surface area contributed by atoms with Crippen LogP contribution in [0.4, 0.5) is 17.1 Å². The maximum Gasteiger partial charge on any atom is 0.143 e. The van der Waals surface area contributed by atoms with Crippen molar-refractivity contribution < 1.29 is 4.74 Å². The van der Waals surface area contributed by atoms with Gasteiger partial charge in [0, 0.05) is 18.7 Å². The molecule has 0 aromatic heterocycles. The summed E-state index contributed by atoms with van der Waals surface area (Å²) in [6.45, 7) is 2.73. The number of hydrogen-bond acceptors (Lipinski definition) is 3. The summed E-state index contributed by atoms with van der Waals surface area (Å²) in [5, 5.41) is 3.57. The molecule has 0 radical (unpaired) electrons. The predicted octanol–water partition coefficient (Wildman–Crippen LogP) is 3.92. The van der Waals surface area contributed by atoms with Gasteiger partial charge in [0.05, 0.1) is 17.1 Å². The molecule has 0 amide bonds. The van der Waals surface area contributed by atoms with E-state index in [4.69, 9.17) is 4.74 Å². The van der Waals surface area contributed by atoms with Gasteiger partial charge in [0.2, 0.25) is 0 Å². The summed E-state index contributed by atoms with van der Waals surface area (Å²) in [7, 11) is 0. The van der Waals surface area contributed by atoms with Gasteiger partial charge in [-0.2, -0.15) is 0 Å². The highest BCUT2D eigenvalue weighted by Gasteiger charge is 2.24. The molecule has 3 heteroatoms. The molecule has 2 aliphatic rings. The second-order valence-corrected chi connectivity index (χ2v) is 5.36. The molecule has 0 spiro atoms. The van der Waals surface area contributed by atoms with Gasteiger partial charge in [-0.25, -0.2) is 0 Å². The average molecular weight is 266 g/mol. The number of benzene rings is 2. The fraction of sp³-hybridized carbons (Fsp3) is 0.294. The van der Waals surface area contributed by atoms with Crippen molar-refractivity contribution in [1.82, 2.24) is 0 Å². The van der Waals surface area contributed by atoms with Crippen LogP contribution in [0.25, 0.3) is 0 Å². The van der Waals surface area contributed by atoms with Crippen molar-refractivity contribution >= 4 is 17.1 Å². The van der Waals surface area contributed by atoms with Gasteiger partial charge < -0.3 is 15.0 Å². The van der Waals surface area contributed by atoms with Crippen LogP contribution < -0.4 is 15.0 Å². The lowest BCUT2D eigenvalue weighted by Crippen LogP contribution is -2.23. The Hall–Kier alpha value is -2.16. The highest BCUT2D eigenvalue weighted by molar-refractivity contribution is 5.82. The van der Waals surface area contributed by atoms with Crippen molar-refractivity contribution in [3.05, 3.63) is 48.0 Å². The van der Waals surface area contributed by atoms with Gasteiger partial charge in [-0.3, -0.25) is 0 Å². The molecule has 0 saturated heterocycles. The lowest BCUT2D eigenvalue weighted by Gasteiger charge is -2.30. The topological polar surface area (TPSA) is 24.5 Å². The van der Waals surface area contributed by atoms with E-state index in [1.165, 1.54) is 35.5 Å². The molecule has 1 N–H and O–H groups in total. The minimum atomic E-state index is 0.637. The van der Waals surface area contributed by atoms with Crippen LogP contribution in [0, 0.1) is 0 Å². The Morgan fingerprint density at radius 1 is 1.00 bits per heavy atom. The third kappa shape index (κ3) is 1.82.